The fraction of sp³-hybridized carbons (Fsp3) is 0.333. The molecule has 2 unspecified atom stereocenters. The van der Waals surface area contributed by atoms with Gasteiger partial charge in [0.1, 0.15) is 11.5 Å². The third-order valence-corrected chi connectivity index (χ3v) is 4.65. The monoisotopic (exact) mass is 390 g/mol. The van der Waals surface area contributed by atoms with Crippen molar-refractivity contribution < 1.29 is 14.0 Å². The molecule has 6 heteroatoms. The van der Waals surface area contributed by atoms with Gasteiger partial charge in [-0.3, -0.25) is 9.59 Å². The van der Waals surface area contributed by atoms with E-state index >= 15 is 0 Å². The van der Waals surface area contributed by atoms with Gasteiger partial charge in [-0.15, -0.1) is 0 Å². The second kappa shape index (κ2) is 7.21. The largest absolute Gasteiger partial charge is 0.459 e. The van der Waals surface area contributed by atoms with E-state index in [1.807, 2.05) is 43.3 Å². The van der Waals surface area contributed by atoms with Crippen LogP contribution in [0.25, 0.3) is 11.3 Å². The number of carbonyl (C=O) groups excluding carboxylic acids is 2. The van der Waals surface area contributed by atoms with Crippen molar-refractivity contribution in [2.45, 2.75) is 19.9 Å². The molecule has 2 amide bonds. The molecule has 1 aliphatic rings. The Morgan fingerprint density at radius 1 is 1.17 bits per heavy atom. The molecule has 1 aliphatic carbocycles. The molecule has 2 aromatic rings. The van der Waals surface area contributed by atoms with Crippen molar-refractivity contribution in [2.24, 2.45) is 11.8 Å². The average Bonchev–Trinajstić information content (AvgIpc) is 3.12. The van der Waals surface area contributed by atoms with Gasteiger partial charge in [0, 0.05) is 16.0 Å². The number of amides is 2. The molecule has 0 saturated heterocycles. The van der Waals surface area contributed by atoms with Gasteiger partial charge in [0.25, 0.3) is 0 Å². The third-order valence-electron chi connectivity index (χ3n) is 4.12. The summed E-state index contributed by atoms with van der Waals surface area (Å²) in [6.45, 7) is 2.33. The van der Waals surface area contributed by atoms with E-state index < -0.39 is 0 Å². The van der Waals surface area contributed by atoms with Crippen molar-refractivity contribution in [3.63, 3.8) is 0 Å². The van der Waals surface area contributed by atoms with Crippen molar-refractivity contribution in [1.82, 2.24) is 10.6 Å². The lowest BCUT2D eigenvalue weighted by atomic mass is 10.2. The van der Waals surface area contributed by atoms with Gasteiger partial charge < -0.3 is 15.1 Å². The highest BCUT2D eigenvalue weighted by Crippen LogP contribution is 2.37. The van der Waals surface area contributed by atoms with E-state index in [1.54, 1.807) is 0 Å². The highest BCUT2D eigenvalue weighted by Gasteiger charge is 2.38. The zero-order valence-corrected chi connectivity index (χ0v) is 14.9. The lowest BCUT2D eigenvalue weighted by Gasteiger charge is -2.05. The fourth-order valence-electron chi connectivity index (χ4n) is 2.48. The average molecular weight is 391 g/mol. The quantitative estimate of drug-likeness (QED) is 0.795. The normalized spacial score (nSPS) is 18.9. The highest BCUT2D eigenvalue weighted by atomic mass is 79.9. The molecule has 3 rings (SSSR count). The highest BCUT2D eigenvalue weighted by molar-refractivity contribution is 9.10. The summed E-state index contributed by atoms with van der Waals surface area (Å²) < 4.78 is 6.74. The molecule has 0 bridgehead atoms. The molecule has 0 radical (unpaired) electrons. The maximum Gasteiger partial charge on any atom is 0.239 e. The summed E-state index contributed by atoms with van der Waals surface area (Å²) in [5.41, 5.74) is 0.974. The summed E-state index contributed by atoms with van der Waals surface area (Å²) in [6.07, 6.45) is 0.915. The number of furan rings is 1. The summed E-state index contributed by atoms with van der Waals surface area (Å²) >= 11 is 3.40. The molecule has 0 aliphatic heterocycles. The zero-order chi connectivity index (χ0) is 17.1. The Kier molecular flexibility index (Phi) is 5.04. The maximum absolute atomic E-state index is 11.8. The molecule has 1 saturated carbocycles. The number of benzene rings is 1. The Hall–Kier alpha value is -2.08. The fourth-order valence-corrected chi connectivity index (χ4v) is 2.74. The van der Waals surface area contributed by atoms with E-state index in [0.29, 0.717) is 18.2 Å². The van der Waals surface area contributed by atoms with Crippen LogP contribution in [0.3, 0.4) is 0 Å². The van der Waals surface area contributed by atoms with Crippen LogP contribution in [-0.2, 0) is 16.1 Å². The van der Waals surface area contributed by atoms with Crippen LogP contribution in [0.1, 0.15) is 19.1 Å². The van der Waals surface area contributed by atoms with Crippen molar-refractivity contribution in [2.75, 3.05) is 6.54 Å². The molecule has 2 atom stereocenters. The Morgan fingerprint density at radius 2 is 1.88 bits per heavy atom. The maximum atomic E-state index is 11.8. The van der Waals surface area contributed by atoms with Gasteiger partial charge in [-0.25, -0.2) is 0 Å². The molecule has 1 heterocycles. The molecule has 1 fully saturated rings. The summed E-state index contributed by atoms with van der Waals surface area (Å²) in [4.78, 5) is 23.5. The van der Waals surface area contributed by atoms with E-state index in [9.17, 15) is 9.59 Å². The molecule has 126 valence electrons. The Bertz CT molecular complexity index is 739. The standard InChI is InChI=1S/C18H19BrN2O3/c1-11-8-15(11)18(23)21-10-17(22)20-9-14-6-7-16(24-14)12-2-4-13(19)5-3-12/h2-7,11,15H,8-10H2,1H3,(H,20,22)(H,21,23). The lowest BCUT2D eigenvalue weighted by molar-refractivity contribution is -0.127. The first-order valence-corrected chi connectivity index (χ1v) is 8.71. The second-order valence-electron chi connectivity index (χ2n) is 6.09. The Labute approximate surface area is 148 Å². The topological polar surface area (TPSA) is 71.3 Å². The summed E-state index contributed by atoms with van der Waals surface area (Å²) in [6, 6.07) is 11.5. The van der Waals surface area contributed by atoms with Crippen molar-refractivity contribution in [1.29, 1.82) is 0 Å². The van der Waals surface area contributed by atoms with Crippen LogP contribution in [0.5, 0.6) is 0 Å². The van der Waals surface area contributed by atoms with Crippen LogP contribution in [0.2, 0.25) is 0 Å². The SMILES string of the molecule is CC1CC1C(=O)NCC(=O)NCc1ccc(-c2ccc(Br)cc2)o1. The van der Waals surface area contributed by atoms with Gasteiger partial charge in [-0.1, -0.05) is 35.0 Å². The van der Waals surface area contributed by atoms with Crippen molar-refractivity contribution in [3.05, 3.63) is 46.6 Å². The van der Waals surface area contributed by atoms with Gasteiger partial charge in [-0.2, -0.15) is 0 Å². The minimum absolute atomic E-state index is 0.00231. The van der Waals surface area contributed by atoms with Gasteiger partial charge in [-0.05, 0) is 36.6 Å². The van der Waals surface area contributed by atoms with Crippen LogP contribution in [-0.4, -0.2) is 18.4 Å². The summed E-state index contributed by atoms with van der Waals surface area (Å²) in [5.74, 6) is 1.68. The Morgan fingerprint density at radius 3 is 2.54 bits per heavy atom. The number of hydrogen-bond acceptors (Lipinski definition) is 3. The first-order valence-electron chi connectivity index (χ1n) is 7.92. The predicted octanol–water partition coefficient (Wildman–Crippen LogP) is 3.10. The second-order valence-corrected chi connectivity index (χ2v) is 7.00. The number of hydrogen-bond donors (Lipinski definition) is 2. The molecular formula is C18H19BrN2O3. The molecular weight excluding hydrogens is 372 g/mol. The van der Waals surface area contributed by atoms with Crippen LogP contribution >= 0.6 is 15.9 Å². The zero-order valence-electron chi connectivity index (χ0n) is 13.3. The Balaban J connectivity index is 1.45. The number of carbonyl (C=O) groups is 2. The summed E-state index contributed by atoms with van der Waals surface area (Å²) in [5, 5.41) is 5.41. The first kappa shape index (κ1) is 16.8. The van der Waals surface area contributed by atoms with Gasteiger partial charge in [0.15, 0.2) is 0 Å². The molecule has 5 nitrogen and oxygen atoms in total. The van der Waals surface area contributed by atoms with E-state index in [-0.39, 0.29) is 24.3 Å². The minimum Gasteiger partial charge on any atom is -0.459 e. The van der Waals surface area contributed by atoms with Crippen molar-refractivity contribution >= 4 is 27.7 Å². The van der Waals surface area contributed by atoms with Gasteiger partial charge in [0.05, 0.1) is 13.1 Å². The van der Waals surface area contributed by atoms with E-state index in [4.69, 9.17) is 4.42 Å². The first-order chi connectivity index (χ1) is 11.5. The third kappa shape index (κ3) is 4.26. The molecule has 24 heavy (non-hydrogen) atoms. The van der Waals surface area contributed by atoms with E-state index in [2.05, 4.69) is 26.6 Å². The molecule has 2 N–H and O–H groups in total. The number of nitrogens with one attached hydrogen (secondary N) is 2. The molecule has 1 aromatic carbocycles. The van der Waals surface area contributed by atoms with Crippen LogP contribution in [0.4, 0.5) is 0 Å². The van der Waals surface area contributed by atoms with Crippen LogP contribution in [0, 0.1) is 11.8 Å². The number of rotatable bonds is 6. The van der Waals surface area contributed by atoms with Gasteiger partial charge >= 0.3 is 0 Å². The molecule has 1 aromatic heterocycles. The van der Waals surface area contributed by atoms with E-state index in [1.165, 1.54) is 0 Å². The van der Waals surface area contributed by atoms with Gasteiger partial charge in [0.2, 0.25) is 11.8 Å². The predicted molar refractivity (Wildman–Crippen MR) is 94.0 cm³/mol. The minimum atomic E-state index is -0.224. The van der Waals surface area contributed by atoms with E-state index in [0.717, 1.165) is 22.2 Å². The smallest absolute Gasteiger partial charge is 0.239 e. The van der Waals surface area contributed by atoms with Crippen LogP contribution in [0.15, 0.2) is 45.3 Å². The van der Waals surface area contributed by atoms with Crippen LogP contribution < -0.4 is 10.6 Å². The molecule has 0 spiro atoms. The summed E-state index contributed by atoms with van der Waals surface area (Å²) in [7, 11) is 0. The van der Waals surface area contributed by atoms with Crippen molar-refractivity contribution in [3.8, 4) is 11.3 Å². The number of halogens is 1. The lowest BCUT2D eigenvalue weighted by Crippen LogP contribution is -2.37.